The number of alkyl halides is 6. The number of nitrogens with zero attached hydrogens (tertiary/aromatic N) is 2. The van der Waals surface area contributed by atoms with E-state index >= 15 is 0 Å². The van der Waals surface area contributed by atoms with Crippen LogP contribution in [0.5, 0.6) is 0 Å². The molecule has 1 amide bonds. The van der Waals surface area contributed by atoms with Gasteiger partial charge in [-0.1, -0.05) is 0 Å². The molecule has 0 aromatic carbocycles. The van der Waals surface area contributed by atoms with Crippen LogP contribution >= 0.6 is 0 Å². The molecule has 0 spiro atoms. The zero-order chi connectivity index (χ0) is 23.1. The van der Waals surface area contributed by atoms with Crippen LogP contribution in [0, 0.1) is 0 Å². The lowest BCUT2D eigenvalue weighted by molar-refractivity contribution is -0.144. The van der Waals surface area contributed by atoms with Gasteiger partial charge in [0.2, 0.25) is 0 Å². The second-order valence-corrected chi connectivity index (χ2v) is 6.70. The Morgan fingerprint density at radius 2 is 1.81 bits per heavy atom. The highest BCUT2D eigenvalue weighted by Crippen LogP contribution is 2.41. The van der Waals surface area contributed by atoms with Gasteiger partial charge in [0.05, 0.1) is 11.3 Å². The Balaban J connectivity index is 2.07. The van der Waals surface area contributed by atoms with E-state index in [4.69, 9.17) is 0 Å². The Kier molecular flexibility index (Phi) is 5.54. The lowest BCUT2D eigenvalue weighted by Crippen LogP contribution is -2.31. The standard InChI is InChI=1S/C18H14F6N4O3/c1-25-14-11(5-12(18(22,23)24)28(16(14)31)10-2-3-10)27-15(30)13-8(7-29)4-9(6-26-13)17(19,20)21/h4-7,10,25H,2-3H2,1H3,(H,27,30). The highest BCUT2D eigenvalue weighted by molar-refractivity contribution is 6.08. The van der Waals surface area contributed by atoms with Crippen LogP contribution in [0.3, 0.4) is 0 Å². The average Bonchev–Trinajstić information content (AvgIpc) is 3.50. The molecule has 1 fully saturated rings. The molecule has 3 rings (SSSR count). The Morgan fingerprint density at radius 1 is 1.16 bits per heavy atom. The number of aldehydes is 1. The van der Waals surface area contributed by atoms with E-state index in [0.717, 1.165) is 0 Å². The van der Waals surface area contributed by atoms with Gasteiger partial charge in [-0.3, -0.25) is 19.0 Å². The van der Waals surface area contributed by atoms with Crippen molar-refractivity contribution in [3.8, 4) is 0 Å². The molecule has 0 radical (unpaired) electrons. The van der Waals surface area contributed by atoms with Gasteiger partial charge in [-0.05, 0) is 25.0 Å². The van der Waals surface area contributed by atoms with E-state index in [9.17, 15) is 40.7 Å². The Labute approximate surface area is 170 Å². The molecule has 2 aromatic rings. The van der Waals surface area contributed by atoms with Gasteiger partial charge in [0.25, 0.3) is 11.5 Å². The summed E-state index contributed by atoms with van der Waals surface area (Å²) in [5, 5.41) is 4.46. The number of nitrogens with one attached hydrogen (secondary N) is 2. The molecule has 2 heterocycles. The van der Waals surface area contributed by atoms with Crippen LogP contribution in [-0.2, 0) is 12.4 Å². The molecule has 1 aliphatic carbocycles. The molecule has 0 atom stereocenters. The predicted molar refractivity (Wildman–Crippen MR) is 96.1 cm³/mol. The van der Waals surface area contributed by atoms with Gasteiger partial charge >= 0.3 is 12.4 Å². The van der Waals surface area contributed by atoms with Gasteiger partial charge in [-0.15, -0.1) is 0 Å². The number of amides is 1. The van der Waals surface area contributed by atoms with Crippen molar-refractivity contribution in [3.05, 3.63) is 51.2 Å². The van der Waals surface area contributed by atoms with Gasteiger partial charge < -0.3 is 10.6 Å². The summed E-state index contributed by atoms with van der Waals surface area (Å²) in [5.74, 6) is -1.26. The summed E-state index contributed by atoms with van der Waals surface area (Å²) in [6.45, 7) is 0. The number of aromatic nitrogens is 2. The van der Waals surface area contributed by atoms with E-state index in [0.29, 0.717) is 35.7 Å². The molecule has 0 aliphatic heterocycles. The van der Waals surface area contributed by atoms with Crippen molar-refractivity contribution in [2.75, 3.05) is 17.7 Å². The molecule has 0 saturated heterocycles. The van der Waals surface area contributed by atoms with Crippen molar-refractivity contribution >= 4 is 23.6 Å². The number of anilines is 2. The lowest BCUT2D eigenvalue weighted by atomic mass is 10.1. The second kappa shape index (κ2) is 7.71. The molecule has 31 heavy (non-hydrogen) atoms. The minimum atomic E-state index is -4.91. The summed E-state index contributed by atoms with van der Waals surface area (Å²) in [4.78, 5) is 39.6. The third-order valence-corrected chi connectivity index (χ3v) is 4.53. The zero-order valence-electron chi connectivity index (χ0n) is 15.7. The molecule has 7 nitrogen and oxygen atoms in total. The highest BCUT2D eigenvalue weighted by Gasteiger charge is 2.40. The highest BCUT2D eigenvalue weighted by atomic mass is 19.4. The van der Waals surface area contributed by atoms with Crippen molar-refractivity contribution in [1.82, 2.24) is 9.55 Å². The molecule has 2 aromatic heterocycles. The summed E-state index contributed by atoms with van der Waals surface area (Å²) >= 11 is 0. The fraction of sp³-hybridized carbons (Fsp3) is 0.333. The summed E-state index contributed by atoms with van der Waals surface area (Å²) in [7, 11) is 1.25. The number of carbonyl (C=O) groups excluding carboxylic acids is 2. The normalized spacial score (nSPS) is 14.3. The molecule has 13 heteroatoms. The fourth-order valence-corrected chi connectivity index (χ4v) is 2.98. The van der Waals surface area contributed by atoms with E-state index in [-0.39, 0.29) is 12.0 Å². The zero-order valence-corrected chi connectivity index (χ0v) is 15.7. The monoisotopic (exact) mass is 448 g/mol. The van der Waals surface area contributed by atoms with Crippen LogP contribution in [0.15, 0.2) is 23.1 Å². The largest absolute Gasteiger partial charge is 0.431 e. The summed E-state index contributed by atoms with van der Waals surface area (Å²) < 4.78 is 79.5. The van der Waals surface area contributed by atoms with Crippen molar-refractivity contribution < 1.29 is 35.9 Å². The molecule has 0 unspecified atom stereocenters. The van der Waals surface area contributed by atoms with Gasteiger partial charge in [0.15, 0.2) is 6.29 Å². The van der Waals surface area contributed by atoms with Crippen LogP contribution in [0.1, 0.15) is 51.0 Å². The number of pyridine rings is 2. The third kappa shape index (κ3) is 4.39. The predicted octanol–water partition coefficient (Wildman–Crippen LogP) is 3.72. The van der Waals surface area contributed by atoms with Crippen molar-refractivity contribution in [2.24, 2.45) is 0 Å². The summed E-state index contributed by atoms with van der Waals surface area (Å²) in [6.07, 6.45) is -8.69. The Morgan fingerprint density at radius 3 is 2.29 bits per heavy atom. The first kappa shape index (κ1) is 22.3. The number of hydrogen-bond donors (Lipinski definition) is 2. The second-order valence-electron chi connectivity index (χ2n) is 6.70. The molecular formula is C18H14F6N4O3. The maximum absolute atomic E-state index is 13.5. The van der Waals surface area contributed by atoms with Crippen LogP contribution < -0.4 is 16.2 Å². The number of halogens is 6. The van der Waals surface area contributed by atoms with Gasteiger partial charge in [-0.2, -0.15) is 26.3 Å². The minimum Gasteiger partial charge on any atom is -0.382 e. The van der Waals surface area contributed by atoms with Gasteiger partial charge in [0.1, 0.15) is 17.1 Å². The maximum Gasteiger partial charge on any atom is 0.431 e. The first-order valence-electron chi connectivity index (χ1n) is 8.76. The molecule has 1 saturated carbocycles. The van der Waals surface area contributed by atoms with Crippen molar-refractivity contribution in [1.29, 1.82) is 0 Å². The summed E-state index contributed by atoms with van der Waals surface area (Å²) in [6, 6.07) is 0.313. The van der Waals surface area contributed by atoms with Crippen LogP contribution in [0.25, 0.3) is 0 Å². The quantitative estimate of drug-likeness (QED) is 0.537. The van der Waals surface area contributed by atoms with Crippen LogP contribution in [-0.4, -0.2) is 28.8 Å². The smallest absolute Gasteiger partial charge is 0.382 e. The molecule has 1 aliphatic rings. The van der Waals surface area contributed by atoms with E-state index < -0.39 is 58.1 Å². The molecule has 2 N–H and O–H groups in total. The van der Waals surface area contributed by atoms with E-state index in [1.54, 1.807) is 0 Å². The lowest BCUT2D eigenvalue weighted by Gasteiger charge is -2.19. The first-order valence-corrected chi connectivity index (χ1v) is 8.76. The number of hydrogen-bond acceptors (Lipinski definition) is 5. The van der Waals surface area contributed by atoms with E-state index in [1.165, 1.54) is 7.05 Å². The number of carbonyl (C=O) groups is 2. The van der Waals surface area contributed by atoms with Crippen molar-refractivity contribution in [2.45, 2.75) is 31.2 Å². The van der Waals surface area contributed by atoms with Crippen LogP contribution in [0.2, 0.25) is 0 Å². The molecule has 166 valence electrons. The van der Waals surface area contributed by atoms with Crippen molar-refractivity contribution in [3.63, 3.8) is 0 Å². The average molecular weight is 448 g/mol. The van der Waals surface area contributed by atoms with Crippen LogP contribution in [0.4, 0.5) is 37.7 Å². The van der Waals surface area contributed by atoms with E-state index in [1.807, 2.05) is 5.32 Å². The maximum atomic E-state index is 13.5. The Hall–Kier alpha value is -3.38. The number of rotatable bonds is 5. The summed E-state index contributed by atoms with van der Waals surface area (Å²) in [5.41, 5.74) is -5.97. The topological polar surface area (TPSA) is 93.1 Å². The molecular weight excluding hydrogens is 434 g/mol. The van der Waals surface area contributed by atoms with E-state index in [2.05, 4.69) is 10.3 Å². The minimum absolute atomic E-state index is 0.0393. The Bertz CT molecular complexity index is 1100. The van der Waals surface area contributed by atoms with Gasteiger partial charge in [0, 0.05) is 24.8 Å². The fourth-order valence-electron chi connectivity index (χ4n) is 2.98. The molecule has 0 bridgehead atoms. The van der Waals surface area contributed by atoms with Gasteiger partial charge in [-0.25, -0.2) is 4.98 Å². The SMILES string of the molecule is CNc1c(NC(=O)c2ncc(C(F)(F)F)cc2C=O)cc(C(F)(F)F)n(C2CC2)c1=O. The first-order chi connectivity index (χ1) is 14.4. The third-order valence-electron chi connectivity index (χ3n) is 4.53.